The summed E-state index contributed by atoms with van der Waals surface area (Å²) >= 11 is 5.64. The van der Waals surface area contributed by atoms with Gasteiger partial charge in [-0.15, -0.1) is 11.6 Å². The molecule has 0 heterocycles. The van der Waals surface area contributed by atoms with Gasteiger partial charge < -0.3 is 0 Å². The van der Waals surface area contributed by atoms with E-state index >= 15 is 0 Å². The Kier molecular flexibility index (Phi) is 4.63. The van der Waals surface area contributed by atoms with Crippen molar-refractivity contribution in [3.05, 3.63) is 6.42 Å². The van der Waals surface area contributed by atoms with Crippen LogP contribution in [-0.4, -0.2) is 5.38 Å². The molecular weight excluding hydrogens is 108 g/mol. The Hall–Kier alpha value is 0.290. The average molecular weight is 120 g/mol. The summed E-state index contributed by atoms with van der Waals surface area (Å²) in [4.78, 5) is 0. The first-order valence-corrected chi connectivity index (χ1v) is 3.13. The third-order valence-corrected chi connectivity index (χ3v) is 1.07. The average Bonchev–Trinajstić information content (AvgIpc) is 1.61. The smallest absolute Gasteiger partial charge is 0.0307 e. The SMILES string of the molecule is C[CH]CCC(C)Cl. The van der Waals surface area contributed by atoms with E-state index in [1.165, 1.54) is 0 Å². The maximum atomic E-state index is 5.64. The van der Waals surface area contributed by atoms with Gasteiger partial charge in [-0.05, 0) is 26.2 Å². The van der Waals surface area contributed by atoms with E-state index in [1.54, 1.807) is 0 Å². The second-order valence-electron chi connectivity index (χ2n) is 1.77. The van der Waals surface area contributed by atoms with E-state index in [4.69, 9.17) is 11.6 Å². The van der Waals surface area contributed by atoms with Crippen molar-refractivity contribution in [1.82, 2.24) is 0 Å². The standard InChI is InChI=1S/C6H12Cl/c1-3-4-5-6(2)7/h3,6H,4-5H2,1-2H3. The van der Waals surface area contributed by atoms with Crippen LogP contribution in [0.1, 0.15) is 26.7 Å². The van der Waals surface area contributed by atoms with Crippen LogP contribution in [0.25, 0.3) is 0 Å². The molecule has 0 fully saturated rings. The highest BCUT2D eigenvalue weighted by molar-refractivity contribution is 6.20. The van der Waals surface area contributed by atoms with Gasteiger partial charge in [0.1, 0.15) is 0 Å². The normalized spacial score (nSPS) is 14.1. The van der Waals surface area contributed by atoms with Crippen molar-refractivity contribution in [2.75, 3.05) is 0 Å². The minimum Gasteiger partial charge on any atom is -0.123 e. The molecule has 0 amide bonds. The molecular formula is C6H12Cl. The van der Waals surface area contributed by atoms with Crippen LogP contribution in [0.15, 0.2) is 0 Å². The molecule has 0 saturated heterocycles. The van der Waals surface area contributed by atoms with Crippen LogP contribution in [0, 0.1) is 6.42 Å². The minimum atomic E-state index is 0.344. The first kappa shape index (κ1) is 7.29. The molecule has 0 aliphatic carbocycles. The second-order valence-corrected chi connectivity index (χ2v) is 2.51. The van der Waals surface area contributed by atoms with Gasteiger partial charge in [0.05, 0.1) is 0 Å². The van der Waals surface area contributed by atoms with E-state index in [9.17, 15) is 0 Å². The molecule has 0 bridgehead atoms. The van der Waals surface area contributed by atoms with Crippen LogP contribution in [0.3, 0.4) is 0 Å². The van der Waals surface area contributed by atoms with Crippen molar-refractivity contribution in [1.29, 1.82) is 0 Å². The molecule has 0 rings (SSSR count). The third-order valence-electron chi connectivity index (χ3n) is 0.853. The lowest BCUT2D eigenvalue weighted by Crippen LogP contribution is -1.88. The van der Waals surface area contributed by atoms with Crippen molar-refractivity contribution in [2.24, 2.45) is 0 Å². The summed E-state index contributed by atoms with van der Waals surface area (Å²) in [7, 11) is 0. The van der Waals surface area contributed by atoms with Gasteiger partial charge in [0.2, 0.25) is 0 Å². The molecule has 1 atom stereocenters. The summed E-state index contributed by atoms with van der Waals surface area (Å²) < 4.78 is 0. The summed E-state index contributed by atoms with van der Waals surface area (Å²) in [6.07, 6.45) is 4.39. The van der Waals surface area contributed by atoms with Crippen molar-refractivity contribution in [3.63, 3.8) is 0 Å². The summed E-state index contributed by atoms with van der Waals surface area (Å²) in [6, 6.07) is 0. The predicted molar refractivity (Wildman–Crippen MR) is 34.5 cm³/mol. The molecule has 0 nitrogen and oxygen atoms in total. The Balaban J connectivity index is 2.68. The fraction of sp³-hybridized carbons (Fsp3) is 0.833. The molecule has 43 valence electrons. The van der Waals surface area contributed by atoms with Crippen LogP contribution >= 0.6 is 11.6 Å². The Morgan fingerprint density at radius 1 is 1.71 bits per heavy atom. The minimum absolute atomic E-state index is 0.344. The predicted octanol–water partition coefficient (Wildman–Crippen LogP) is 2.62. The maximum Gasteiger partial charge on any atom is 0.0307 e. The van der Waals surface area contributed by atoms with E-state index in [-0.39, 0.29) is 0 Å². The lowest BCUT2D eigenvalue weighted by atomic mass is 10.2. The van der Waals surface area contributed by atoms with E-state index in [2.05, 4.69) is 13.3 Å². The first-order valence-electron chi connectivity index (χ1n) is 2.69. The zero-order valence-corrected chi connectivity index (χ0v) is 5.70. The van der Waals surface area contributed by atoms with E-state index in [0.29, 0.717) is 5.38 Å². The topological polar surface area (TPSA) is 0 Å². The molecule has 0 saturated carbocycles. The zero-order chi connectivity index (χ0) is 5.70. The summed E-state index contributed by atoms with van der Waals surface area (Å²) in [6.45, 7) is 4.07. The van der Waals surface area contributed by atoms with Crippen LogP contribution in [-0.2, 0) is 0 Å². The zero-order valence-electron chi connectivity index (χ0n) is 4.95. The molecule has 1 radical (unpaired) electrons. The van der Waals surface area contributed by atoms with Crippen LogP contribution in [0.2, 0.25) is 0 Å². The molecule has 0 aliphatic rings. The first-order chi connectivity index (χ1) is 3.27. The summed E-state index contributed by atoms with van der Waals surface area (Å²) in [5.41, 5.74) is 0. The van der Waals surface area contributed by atoms with Crippen LogP contribution in [0.5, 0.6) is 0 Å². The largest absolute Gasteiger partial charge is 0.123 e. The van der Waals surface area contributed by atoms with Gasteiger partial charge in [-0.2, -0.15) is 0 Å². The lowest BCUT2D eigenvalue weighted by molar-refractivity contribution is 0.791. The summed E-state index contributed by atoms with van der Waals surface area (Å²) in [5, 5.41) is 0.344. The highest BCUT2D eigenvalue weighted by Crippen LogP contribution is 2.03. The molecule has 0 aromatic heterocycles. The number of alkyl halides is 1. The Labute approximate surface area is 50.9 Å². The molecule has 1 heteroatoms. The number of unbranched alkanes of at least 4 members (excludes halogenated alkanes) is 1. The van der Waals surface area contributed by atoms with Crippen LogP contribution < -0.4 is 0 Å². The molecule has 1 unspecified atom stereocenters. The Bertz CT molecular complexity index is 33.2. The van der Waals surface area contributed by atoms with Gasteiger partial charge in [-0.1, -0.05) is 6.92 Å². The van der Waals surface area contributed by atoms with Crippen molar-refractivity contribution >= 4 is 11.6 Å². The number of halogens is 1. The van der Waals surface area contributed by atoms with E-state index in [0.717, 1.165) is 12.8 Å². The highest BCUT2D eigenvalue weighted by atomic mass is 35.5. The van der Waals surface area contributed by atoms with Crippen molar-refractivity contribution in [3.8, 4) is 0 Å². The second kappa shape index (κ2) is 4.45. The highest BCUT2D eigenvalue weighted by Gasteiger charge is 1.91. The maximum absolute atomic E-state index is 5.64. The molecule has 0 aromatic rings. The van der Waals surface area contributed by atoms with Gasteiger partial charge in [0.15, 0.2) is 0 Å². The fourth-order valence-corrected chi connectivity index (χ4v) is 0.522. The van der Waals surface area contributed by atoms with Crippen molar-refractivity contribution < 1.29 is 0 Å². The molecule has 0 aliphatic heterocycles. The third kappa shape index (κ3) is 6.29. The fourth-order valence-electron chi connectivity index (χ4n) is 0.396. The van der Waals surface area contributed by atoms with Crippen LogP contribution in [0.4, 0.5) is 0 Å². The Morgan fingerprint density at radius 3 is 2.43 bits per heavy atom. The summed E-state index contributed by atoms with van der Waals surface area (Å²) in [5.74, 6) is 0. The van der Waals surface area contributed by atoms with Gasteiger partial charge in [0, 0.05) is 5.38 Å². The monoisotopic (exact) mass is 119 g/mol. The molecule has 0 aromatic carbocycles. The van der Waals surface area contributed by atoms with Gasteiger partial charge >= 0.3 is 0 Å². The van der Waals surface area contributed by atoms with E-state index < -0.39 is 0 Å². The molecule has 7 heavy (non-hydrogen) atoms. The number of hydrogen-bond acceptors (Lipinski definition) is 0. The molecule has 0 spiro atoms. The number of hydrogen-bond donors (Lipinski definition) is 0. The number of rotatable bonds is 3. The van der Waals surface area contributed by atoms with E-state index in [1.807, 2.05) is 6.92 Å². The molecule has 0 N–H and O–H groups in total. The quantitative estimate of drug-likeness (QED) is 0.501. The lowest BCUT2D eigenvalue weighted by Gasteiger charge is -1.96. The van der Waals surface area contributed by atoms with Gasteiger partial charge in [-0.25, -0.2) is 0 Å². The van der Waals surface area contributed by atoms with Crippen molar-refractivity contribution in [2.45, 2.75) is 32.1 Å². The van der Waals surface area contributed by atoms with Gasteiger partial charge in [-0.3, -0.25) is 0 Å². The van der Waals surface area contributed by atoms with Gasteiger partial charge in [0.25, 0.3) is 0 Å². The Morgan fingerprint density at radius 2 is 2.29 bits per heavy atom.